The van der Waals surface area contributed by atoms with Crippen LogP contribution in [-0.2, 0) is 0 Å². The highest BCUT2D eigenvalue weighted by molar-refractivity contribution is 7.82. The fourth-order valence-corrected chi connectivity index (χ4v) is 1.73. The Balaban J connectivity index is 2.62. The Labute approximate surface area is 72.6 Å². The van der Waals surface area contributed by atoms with Crippen molar-refractivity contribution in [2.24, 2.45) is 0 Å². The van der Waals surface area contributed by atoms with E-state index in [9.17, 15) is 0 Å². The SMILES string of the molecule is CCN1CC(S)N(C)C1=S. The van der Waals surface area contributed by atoms with Crippen LogP contribution in [0.5, 0.6) is 0 Å². The van der Waals surface area contributed by atoms with Gasteiger partial charge in [0.2, 0.25) is 0 Å². The van der Waals surface area contributed by atoms with Crippen molar-refractivity contribution in [2.75, 3.05) is 20.1 Å². The zero-order valence-corrected chi connectivity index (χ0v) is 7.95. The highest BCUT2D eigenvalue weighted by Crippen LogP contribution is 2.15. The molecule has 0 aromatic rings. The number of thiocarbonyl (C=S) groups is 1. The van der Waals surface area contributed by atoms with Gasteiger partial charge in [0, 0.05) is 20.1 Å². The number of likely N-dealkylation sites (N-methyl/N-ethyl adjacent to an activating group) is 2. The van der Waals surface area contributed by atoms with E-state index in [-0.39, 0.29) is 5.37 Å². The number of hydrogen-bond donors (Lipinski definition) is 1. The molecule has 0 saturated carbocycles. The third-order valence-electron chi connectivity index (χ3n) is 1.78. The van der Waals surface area contributed by atoms with E-state index in [2.05, 4.69) is 24.5 Å². The number of nitrogens with zero attached hydrogens (tertiary/aromatic N) is 2. The highest BCUT2D eigenvalue weighted by Gasteiger charge is 2.27. The van der Waals surface area contributed by atoms with Gasteiger partial charge in [-0.2, -0.15) is 12.6 Å². The van der Waals surface area contributed by atoms with Crippen LogP contribution < -0.4 is 0 Å². The standard InChI is InChI=1S/C6H12N2S2/c1-3-8-4-5(9)7(2)6(8)10/h5,9H,3-4H2,1-2H3. The topological polar surface area (TPSA) is 6.48 Å². The van der Waals surface area contributed by atoms with Crippen molar-refractivity contribution in [1.82, 2.24) is 9.80 Å². The van der Waals surface area contributed by atoms with Gasteiger partial charge in [0.05, 0.1) is 5.37 Å². The maximum Gasteiger partial charge on any atom is 0.172 e. The monoisotopic (exact) mass is 176 g/mol. The Hall–Kier alpha value is 0.0400. The van der Waals surface area contributed by atoms with Gasteiger partial charge in [-0.25, -0.2) is 0 Å². The van der Waals surface area contributed by atoms with Crippen molar-refractivity contribution in [3.05, 3.63) is 0 Å². The van der Waals surface area contributed by atoms with Gasteiger partial charge >= 0.3 is 0 Å². The molecule has 1 aliphatic rings. The lowest BCUT2D eigenvalue weighted by atomic mass is 10.6. The summed E-state index contributed by atoms with van der Waals surface area (Å²) in [5.74, 6) is 0. The summed E-state index contributed by atoms with van der Waals surface area (Å²) in [7, 11) is 1.98. The average molecular weight is 176 g/mol. The van der Waals surface area contributed by atoms with Crippen molar-refractivity contribution in [3.8, 4) is 0 Å². The van der Waals surface area contributed by atoms with Crippen LogP contribution >= 0.6 is 24.8 Å². The molecule has 1 heterocycles. The predicted octanol–water partition coefficient (Wildman–Crippen LogP) is 0.794. The molecule has 0 aromatic carbocycles. The predicted molar refractivity (Wildman–Crippen MR) is 50.4 cm³/mol. The molecule has 0 aliphatic carbocycles. The zero-order chi connectivity index (χ0) is 7.72. The van der Waals surface area contributed by atoms with E-state index in [1.165, 1.54) is 0 Å². The largest absolute Gasteiger partial charge is 0.346 e. The highest BCUT2D eigenvalue weighted by atomic mass is 32.1. The minimum Gasteiger partial charge on any atom is -0.346 e. The summed E-state index contributed by atoms with van der Waals surface area (Å²) in [5.41, 5.74) is 0. The molecule has 0 aromatic heterocycles. The summed E-state index contributed by atoms with van der Waals surface area (Å²) < 4.78 is 0. The van der Waals surface area contributed by atoms with E-state index in [4.69, 9.17) is 12.2 Å². The normalized spacial score (nSPS) is 26.3. The maximum atomic E-state index is 5.14. The second-order valence-corrected chi connectivity index (χ2v) is 3.37. The molecule has 0 radical (unpaired) electrons. The van der Waals surface area contributed by atoms with Crippen LogP contribution in [0.25, 0.3) is 0 Å². The van der Waals surface area contributed by atoms with E-state index >= 15 is 0 Å². The average Bonchev–Trinajstić information content (AvgIpc) is 2.17. The summed E-state index contributed by atoms with van der Waals surface area (Å²) >= 11 is 9.50. The quantitative estimate of drug-likeness (QED) is 0.466. The van der Waals surface area contributed by atoms with Crippen LogP contribution in [-0.4, -0.2) is 40.4 Å². The smallest absolute Gasteiger partial charge is 0.172 e. The van der Waals surface area contributed by atoms with Crippen molar-refractivity contribution < 1.29 is 0 Å². The molecule has 0 amide bonds. The van der Waals surface area contributed by atoms with Crippen molar-refractivity contribution >= 4 is 30.0 Å². The molecule has 1 atom stereocenters. The van der Waals surface area contributed by atoms with Crippen LogP contribution in [0.2, 0.25) is 0 Å². The van der Waals surface area contributed by atoms with Gasteiger partial charge in [-0.1, -0.05) is 0 Å². The molecule has 1 saturated heterocycles. The Morgan fingerprint density at radius 3 is 2.60 bits per heavy atom. The molecule has 1 rings (SSSR count). The Kier molecular flexibility index (Phi) is 2.41. The second kappa shape index (κ2) is 2.96. The van der Waals surface area contributed by atoms with E-state index in [0.29, 0.717) is 0 Å². The van der Waals surface area contributed by atoms with Gasteiger partial charge in [0.1, 0.15) is 0 Å². The number of rotatable bonds is 1. The van der Waals surface area contributed by atoms with Gasteiger partial charge in [0.15, 0.2) is 5.11 Å². The van der Waals surface area contributed by atoms with Gasteiger partial charge < -0.3 is 9.80 Å². The van der Waals surface area contributed by atoms with Gasteiger partial charge in [-0.3, -0.25) is 0 Å². The summed E-state index contributed by atoms with van der Waals surface area (Å²) in [6.07, 6.45) is 0. The molecule has 0 N–H and O–H groups in total. The third-order valence-corrected chi connectivity index (χ3v) is 2.84. The lowest BCUT2D eigenvalue weighted by Gasteiger charge is -2.16. The van der Waals surface area contributed by atoms with Crippen LogP contribution in [0.1, 0.15) is 6.92 Å². The molecule has 58 valence electrons. The molecule has 1 fully saturated rings. The van der Waals surface area contributed by atoms with Gasteiger partial charge in [0.25, 0.3) is 0 Å². The summed E-state index contributed by atoms with van der Waals surface area (Å²) in [5, 5.41) is 1.20. The number of hydrogen-bond acceptors (Lipinski definition) is 2. The zero-order valence-electron chi connectivity index (χ0n) is 6.24. The molecule has 10 heavy (non-hydrogen) atoms. The Bertz CT molecular complexity index is 149. The minimum atomic E-state index is 0.285. The lowest BCUT2D eigenvalue weighted by Crippen LogP contribution is -2.29. The van der Waals surface area contributed by atoms with E-state index in [1.54, 1.807) is 0 Å². The lowest BCUT2D eigenvalue weighted by molar-refractivity contribution is 0.481. The first kappa shape index (κ1) is 8.14. The molecule has 4 heteroatoms. The first-order valence-corrected chi connectivity index (χ1v) is 4.29. The summed E-state index contributed by atoms with van der Waals surface area (Å²) in [6, 6.07) is 0. The molecule has 0 bridgehead atoms. The number of thiol groups is 1. The first-order chi connectivity index (χ1) is 4.66. The second-order valence-electron chi connectivity index (χ2n) is 2.41. The molecular weight excluding hydrogens is 164 g/mol. The van der Waals surface area contributed by atoms with Crippen molar-refractivity contribution in [3.63, 3.8) is 0 Å². The Morgan fingerprint density at radius 1 is 1.80 bits per heavy atom. The van der Waals surface area contributed by atoms with Crippen LogP contribution in [0.3, 0.4) is 0 Å². The molecule has 0 spiro atoms. The summed E-state index contributed by atoms with van der Waals surface area (Å²) in [4.78, 5) is 4.16. The van der Waals surface area contributed by atoms with Crippen LogP contribution in [0.4, 0.5) is 0 Å². The molecule has 1 aliphatic heterocycles. The van der Waals surface area contributed by atoms with E-state index in [0.717, 1.165) is 18.2 Å². The van der Waals surface area contributed by atoms with E-state index < -0.39 is 0 Å². The van der Waals surface area contributed by atoms with Crippen molar-refractivity contribution in [2.45, 2.75) is 12.3 Å². The first-order valence-electron chi connectivity index (χ1n) is 3.36. The minimum absolute atomic E-state index is 0.285. The van der Waals surface area contributed by atoms with Crippen LogP contribution in [0.15, 0.2) is 0 Å². The molecule has 1 unspecified atom stereocenters. The third kappa shape index (κ3) is 1.22. The molecule has 2 nitrogen and oxygen atoms in total. The Morgan fingerprint density at radius 2 is 2.40 bits per heavy atom. The fraction of sp³-hybridized carbons (Fsp3) is 0.833. The van der Waals surface area contributed by atoms with Gasteiger partial charge in [-0.05, 0) is 19.1 Å². The van der Waals surface area contributed by atoms with Crippen molar-refractivity contribution in [1.29, 1.82) is 0 Å². The molecular formula is C6H12N2S2. The maximum absolute atomic E-state index is 5.14. The fourth-order valence-electron chi connectivity index (χ4n) is 1.01. The van der Waals surface area contributed by atoms with Gasteiger partial charge in [-0.15, -0.1) is 0 Å². The van der Waals surface area contributed by atoms with Crippen LogP contribution in [0, 0.1) is 0 Å². The summed E-state index contributed by atoms with van der Waals surface area (Å²) in [6.45, 7) is 4.04. The van der Waals surface area contributed by atoms with E-state index in [1.807, 2.05) is 11.9 Å².